The average molecular weight is 213 g/mol. The van der Waals surface area contributed by atoms with E-state index in [0.29, 0.717) is 18.9 Å². The Labute approximate surface area is 88.0 Å². The zero-order valence-corrected chi connectivity index (χ0v) is 8.95. The number of ether oxygens (including phenoxy) is 1. The normalized spacial score (nSPS) is 10.3. The Kier molecular flexibility index (Phi) is 4.76. The quantitative estimate of drug-likeness (QED) is 0.544. The number of nitrogens with one attached hydrogen (secondary N) is 1. The molecule has 6 nitrogen and oxygen atoms in total. The van der Waals surface area contributed by atoms with Crippen molar-refractivity contribution in [1.82, 2.24) is 15.5 Å². The zero-order valence-electron chi connectivity index (χ0n) is 8.95. The van der Waals surface area contributed by atoms with Gasteiger partial charge in [0.25, 0.3) is 5.82 Å². The summed E-state index contributed by atoms with van der Waals surface area (Å²) in [5, 5.41) is 6.64. The smallest absolute Gasteiger partial charge is 0.379 e. The molecule has 1 aromatic rings. The van der Waals surface area contributed by atoms with Crippen LogP contribution in [-0.4, -0.2) is 35.8 Å². The van der Waals surface area contributed by atoms with E-state index < -0.39 is 5.97 Å². The molecule has 0 unspecified atom stereocenters. The van der Waals surface area contributed by atoms with Gasteiger partial charge in [0.2, 0.25) is 5.89 Å². The van der Waals surface area contributed by atoms with Gasteiger partial charge in [-0.05, 0) is 18.6 Å². The van der Waals surface area contributed by atoms with E-state index in [1.165, 1.54) is 0 Å². The van der Waals surface area contributed by atoms with Crippen molar-refractivity contribution in [3.05, 3.63) is 11.7 Å². The number of nitrogens with zero attached hydrogens (tertiary/aromatic N) is 2. The third-order valence-corrected chi connectivity index (χ3v) is 1.69. The molecule has 15 heavy (non-hydrogen) atoms. The van der Waals surface area contributed by atoms with E-state index in [9.17, 15) is 4.79 Å². The van der Waals surface area contributed by atoms with Gasteiger partial charge in [0.05, 0.1) is 6.61 Å². The lowest BCUT2D eigenvalue weighted by Gasteiger charge is -1.95. The Morgan fingerprint density at radius 3 is 3.00 bits per heavy atom. The van der Waals surface area contributed by atoms with Crippen molar-refractivity contribution in [3.8, 4) is 0 Å². The van der Waals surface area contributed by atoms with Crippen LogP contribution in [0.15, 0.2) is 4.52 Å². The van der Waals surface area contributed by atoms with Crippen LogP contribution in [0.4, 0.5) is 0 Å². The Hall–Kier alpha value is -1.43. The molecule has 0 aliphatic carbocycles. The number of rotatable bonds is 6. The maximum atomic E-state index is 11.2. The predicted octanol–water partition coefficient (Wildman–Crippen LogP) is 0.398. The number of likely N-dealkylation sites (N-methyl/N-ethyl adjacent to an activating group) is 1. The highest BCUT2D eigenvalue weighted by molar-refractivity contribution is 5.84. The van der Waals surface area contributed by atoms with Crippen LogP contribution in [0.5, 0.6) is 0 Å². The van der Waals surface area contributed by atoms with E-state index in [1.807, 2.05) is 6.92 Å². The summed E-state index contributed by atoms with van der Waals surface area (Å²) in [6, 6.07) is 0. The standard InChI is InChI=1S/C9H15N3O3/c1-3-10-6-5-7-11-8(12-15-7)9(13)14-4-2/h10H,3-6H2,1-2H3. The molecule has 6 heteroatoms. The van der Waals surface area contributed by atoms with Crippen molar-refractivity contribution in [2.45, 2.75) is 20.3 Å². The fourth-order valence-corrected chi connectivity index (χ4v) is 1.01. The monoisotopic (exact) mass is 213 g/mol. The minimum Gasteiger partial charge on any atom is -0.460 e. The Balaban J connectivity index is 2.45. The SMILES string of the molecule is CCNCCc1nc(C(=O)OCC)no1. The summed E-state index contributed by atoms with van der Waals surface area (Å²) >= 11 is 0. The van der Waals surface area contributed by atoms with Crippen LogP contribution in [0.3, 0.4) is 0 Å². The molecule has 84 valence electrons. The first-order valence-corrected chi connectivity index (χ1v) is 4.98. The molecule has 0 atom stereocenters. The third kappa shape index (κ3) is 3.67. The minimum atomic E-state index is -0.545. The van der Waals surface area contributed by atoms with Gasteiger partial charge < -0.3 is 14.6 Å². The fraction of sp³-hybridized carbons (Fsp3) is 0.667. The maximum absolute atomic E-state index is 11.2. The van der Waals surface area contributed by atoms with E-state index in [0.717, 1.165) is 13.1 Å². The number of carbonyl (C=O) groups excluding carboxylic acids is 1. The first kappa shape index (κ1) is 11.6. The second kappa shape index (κ2) is 6.13. The highest BCUT2D eigenvalue weighted by Crippen LogP contribution is 1.99. The summed E-state index contributed by atoms with van der Waals surface area (Å²) in [5.74, 6) is -0.113. The van der Waals surface area contributed by atoms with Crippen LogP contribution in [0, 0.1) is 0 Å². The van der Waals surface area contributed by atoms with Gasteiger partial charge in [-0.25, -0.2) is 4.79 Å². The van der Waals surface area contributed by atoms with Crippen LogP contribution in [-0.2, 0) is 11.2 Å². The predicted molar refractivity (Wildman–Crippen MR) is 52.5 cm³/mol. The van der Waals surface area contributed by atoms with Crippen molar-refractivity contribution in [1.29, 1.82) is 0 Å². The number of hydrogen-bond acceptors (Lipinski definition) is 6. The molecular weight excluding hydrogens is 198 g/mol. The summed E-state index contributed by atoms with van der Waals surface area (Å²) in [7, 11) is 0. The van der Waals surface area contributed by atoms with Crippen LogP contribution in [0.2, 0.25) is 0 Å². The van der Waals surface area contributed by atoms with E-state index in [2.05, 4.69) is 15.5 Å². The van der Waals surface area contributed by atoms with E-state index in [-0.39, 0.29) is 5.82 Å². The molecule has 0 bridgehead atoms. The molecule has 0 spiro atoms. The van der Waals surface area contributed by atoms with Gasteiger partial charge in [-0.15, -0.1) is 0 Å². The Bertz CT molecular complexity index is 311. The van der Waals surface area contributed by atoms with Crippen LogP contribution < -0.4 is 5.32 Å². The molecule has 0 aliphatic rings. The lowest BCUT2D eigenvalue weighted by atomic mass is 10.4. The molecule has 1 rings (SSSR count). The van der Waals surface area contributed by atoms with Crippen molar-refractivity contribution < 1.29 is 14.1 Å². The molecule has 0 saturated carbocycles. The number of esters is 1. The van der Waals surface area contributed by atoms with Gasteiger partial charge in [-0.3, -0.25) is 0 Å². The molecule has 0 fully saturated rings. The topological polar surface area (TPSA) is 77.2 Å². The summed E-state index contributed by atoms with van der Waals surface area (Å²) < 4.78 is 9.60. The van der Waals surface area contributed by atoms with E-state index in [1.54, 1.807) is 6.92 Å². The summed E-state index contributed by atoms with van der Waals surface area (Å²) in [5.41, 5.74) is 0. The van der Waals surface area contributed by atoms with Gasteiger partial charge in [-0.2, -0.15) is 4.98 Å². The van der Waals surface area contributed by atoms with Crippen LogP contribution >= 0.6 is 0 Å². The Morgan fingerprint density at radius 1 is 1.53 bits per heavy atom. The van der Waals surface area contributed by atoms with Crippen LogP contribution in [0.25, 0.3) is 0 Å². The molecule has 0 aromatic carbocycles. The van der Waals surface area contributed by atoms with Gasteiger partial charge in [0.15, 0.2) is 0 Å². The number of aromatic nitrogens is 2. The van der Waals surface area contributed by atoms with E-state index >= 15 is 0 Å². The largest absolute Gasteiger partial charge is 0.460 e. The average Bonchev–Trinajstić information content (AvgIpc) is 2.67. The molecule has 0 amide bonds. The van der Waals surface area contributed by atoms with Crippen LogP contribution in [0.1, 0.15) is 30.4 Å². The van der Waals surface area contributed by atoms with Crippen molar-refractivity contribution >= 4 is 5.97 Å². The van der Waals surface area contributed by atoms with Crippen molar-refractivity contribution in [3.63, 3.8) is 0 Å². The summed E-state index contributed by atoms with van der Waals surface area (Å²) in [6.45, 7) is 5.68. The molecule has 1 aromatic heterocycles. The van der Waals surface area contributed by atoms with Gasteiger partial charge >= 0.3 is 5.97 Å². The van der Waals surface area contributed by atoms with Crippen molar-refractivity contribution in [2.75, 3.05) is 19.7 Å². The number of carbonyl (C=O) groups is 1. The molecular formula is C9H15N3O3. The second-order valence-electron chi connectivity index (χ2n) is 2.84. The first-order valence-electron chi connectivity index (χ1n) is 4.98. The molecule has 0 saturated heterocycles. The molecule has 1 N–H and O–H groups in total. The lowest BCUT2D eigenvalue weighted by Crippen LogP contribution is -2.16. The third-order valence-electron chi connectivity index (χ3n) is 1.69. The summed E-state index contributed by atoms with van der Waals surface area (Å²) in [4.78, 5) is 15.1. The summed E-state index contributed by atoms with van der Waals surface area (Å²) in [6.07, 6.45) is 0.611. The molecule has 1 heterocycles. The maximum Gasteiger partial charge on any atom is 0.379 e. The van der Waals surface area contributed by atoms with E-state index in [4.69, 9.17) is 9.26 Å². The fourth-order valence-electron chi connectivity index (χ4n) is 1.01. The highest BCUT2D eigenvalue weighted by atomic mass is 16.5. The minimum absolute atomic E-state index is 0.0108. The van der Waals surface area contributed by atoms with Gasteiger partial charge in [0, 0.05) is 13.0 Å². The Morgan fingerprint density at radius 2 is 2.33 bits per heavy atom. The van der Waals surface area contributed by atoms with Gasteiger partial charge in [0.1, 0.15) is 0 Å². The zero-order chi connectivity index (χ0) is 11.1. The number of hydrogen-bond donors (Lipinski definition) is 1. The molecule has 0 radical (unpaired) electrons. The first-order chi connectivity index (χ1) is 7.27. The van der Waals surface area contributed by atoms with Crippen molar-refractivity contribution in [2.24, 2.45) is 0 Å². The lowest BCUT2D eigenvalue weighted by molar-refractivity contribution is 0.0508. The molecule has 0 aliphatic heterocycles. The highest BCUT2D eigenvalue weighted by Gasteiger charge is 2.14. The second-order valence-corrected chi connectivity index (χ2v) is 2.84. The van der Waals surface area contributed by atoms with Gasteiger partial charge in [-0.1, -0.05) is 6.92 Å².